The summed E-state index contributed by atoms with van der Waals surface area (Å²) < 4.78 is 9.87. The molecule has 0 spiro atoms. The van der Waals surface area contributed by atoms with Gasteiger partial charge < -0.3 is 14.3 Å². The Balaban J connectivity index is 2.10. The van der Waals surface area contributed by atoms with Crippen LogP contribution >= 0.6 is 11.6 Å². The predicted molar refractivity (Wildman–Crippen MR) is 112 cm³/mol. The van der Waals surface area contributed by atoms with Gasteiger partial charge in [-0.2, -0.15) is 0 Å². The number of oxime groups is 1. The van der Waals surface area contributed by atoms with E-state index in [0.717, 1.165) is 11.1 Å². The quantitative estimate of drug-likeness (QED) is 0.199. The van der Waals surface area contributed by atoms with Crippen molar-refractivity contribution in [3.63, 3.8) is 0 Å². The Labute approximate surface area is 169 Å². The monoisotopic (exact) mass is 399 g/mol. The van der Waals surface area contributed by atoms with Gasteiger partial charge in [0.15, 0.2) is 0 Å². The number of hydrogen-bond donors (Lipinski definition) is 0. The van der Waals surface area contributed by atoms with Crippen LogP contribution in [0.5, 0.6) is 0 Å². The van der Waals surface area contributed by atoms with Crippen LogP contribution in [0, 0.1) is 0 Å². The van der Waals surface area contributed by atoms with Crippen LogP contribution in [0.15, 0.2) is 66.0 Å². The molecule has 0 radical (unpaired) electrons. The highest BCUT2D eigenvalue weighted by Crippen LogP contribution is 2.27. The van der Waals surface area contributed by atoms with Crippen molar-refractivity contribution in [1.29, 1.82) is 0 Å². The molecular weight excluding hydrogens is 378 g/mol. The van der Waals surface area contributed by atoms with Gasteiger partial charge in [-0.05, 0) is 36.3 Å². The number of ether oxygens (including phenoxy) is 2. The fraction of sp³-hybridized carbons (Fsp3) is 0.182. The fourth-order valence-corrected chi connectivity index (χ4v) is 2.62. The van der Waals surface area contributed by atoms with E-state index >= 15 is 0 Å². The van der Waals surface area contributed by atoms with Crippen molar-refractivity contribution >= 4 is 35.4 Å². The number of carbonyl (C=O) groups is 1. The first-order chi connectivity index (χ1) is 13.6. The normalized spacial score (nSPS) is 12.9. The van der Waals surface area contributed by atoms with Crippen LogP contribution in [0.2, 0.25) is 5.02 Å². The smallest absolute Gasteiger partial charge is 0.341 e. The molecule has 0 aromatic heterocycles. The van der Waals surface area contributed by atoms with Crippen molar-refractivity contribution < 1.29 is 19.1 Å². The Bertz CT molecular complexity index is 872. The van der Waals surface area contributed by atoms with E-state index < -0.39 is 5.97 Å². The zero-order chi connectivity index (χ0) is 20.4. The highest BCUT2D eigenvalue weighted by Gasteiger charge is 2.20. The van der Waals surface area contributed by atoms with Gasteiger partial charge in [0.1, 0.15) is 11.7 Å². The maximum absolute atomic E-state index is 12.1. The average Bonchev–Trinajstić information content (AvgIpc) is 2.72. The third-order valence-corrected chi connectivity index (χ3v) is 4.11. The molecule has 0 bridgehead atoms. The molecule has 0 amide bonds. The van der Waals surface area contributed by atoms with Gasteiger partial charge in [0.25, 0.3) is 0 Å². The SMILES string of the molecule is COC=C(C(=O)OC)c1ccccc1C(C)ON=CC=Cc1ccc(Cl)cc1. The van der Waals surface area contributed by atoms with Gasteiger partial charge in [-0.3, -0.25) is 0 Å². The minimum absolute atomic E-state index is 0.308. The molecule has 0 aliphatic rings. The van der Waals surface area contributed by atoms with Crippen molar-refractivity contribution in [2.45, 2.75) is 13.0 Å². The van der Waals surface area contributed by atoms with Crippen LogP contribution in [0.25, 0.3) is 11.6 Å². The predicted octanol–water partition coefficient (Wildman–Crippen LogP) is 5.28. The summed E-state index contributed by atoms with van der Waals surface area (Å²) in [6.07, 6.45) is 6.18. The van der Waals surface area contributed by atoms with E-state index in [2.05, 4.69) is 5.16 Å². The molecule has 2 aromatic rings. The number of allylic oxidation sites excluding steroid dienone is 1. The number of esters is 1. The lowest BCUT2D eigenvalue weighted by Crippen LogP contribution is -2.08. The van der Waals surface area contributed by atoms with Crippen molar-refractivity contribution in [3.8, 4) is 0 Å². The second kappa shape index (κ2) is 10.9. The van der Waals surface area contributed by atoms with Gasteiger partial charge >= 0.3 is 5.97 Å². The molecule has 5 nitrogen and oxygen atoms in total. The summed E-state index contributed by atoms with van der Waals surface area (Å²) in [5.74, 6) is -0.490. The zero-order valence-electron chi connectivity index (χ0n) is 16.0. The number of halogens is 1. The van der Waals surface area contributed by atoms with Gasteiger partial charge in [0.05, 0.1) is 26.7 Å². The van der Waals surface area contributed by atoms with Crippen LogP contribution < -0.4 is 0 Å². The fourth-order valence-electron chi connectivity index (χ4n) is 2.49. The van der Waals surface area contributed by atoms with E-state index in [-0.39, 0.29) is 6.10 Å². The molecule has 0 fully saturated rings. The summed E-state index contributed by atoms with van der Waals surface area (Å²) in [4.78, 5) is 17.6. The standard InChI is InChI=1S/C22H22ClNO4/c1-16(28-24-14-6-7-17-10-12-18(23)13-11-17)19-8-4-5-9-20(19)21(15-26-2)22(25)27-3/h4-16H,1-3H3. The average molecular weight is 400 g/mol. The molecule has 0 saturated heterocycles. The molecule has 0 saturated carbocycles. The van der Waals surface area contributed by atoms with Gasteiger partial charge in [-0.25, -0.2) is 4.79 Å². The van der Waals surface area contributed by atoms with Crippen LogP contribution in [0.3, 0.4) is 0 Å². The molecule has 0 N–H and O–H groups in total. The molecule has 2 aromatic carbocycles. The third-order valence-electron chi connectivity index (χ3n) is 3.85. The van der Waals surface area contributed by atoms with E-state index in [4.69, 9.17) is 25.9 Å². The van der Waals surface area contributed by atoms with Crippen molar-refractivity contribution in [2.75, 3.05) is 14.2 Å². The van der Waals surface area contributed by atoms with Crippen LogP contribution in [-0.2, 0) is 19.1 Å². The molecule has 1 atom stereocenters. The van der Waals surface area contributed by atoms with E-state index in [1.807, 2.05) is 55.5 Å². The Morgan fingerprint density at radius 1 is 1.11 bits per heavy atom. The minimum Gasteiger partial charge on any atom is -0.503 e. The Morgan fingerprint density at radius 2 is 1.82 bits per heavy atom. The Morgan fingerprint density at radius 3 is 2.50 bits per heavy atom. The molecule has 6 heteroatoms. The number of methoxy groups -OCH3 is 2. The third kappa shape index (κ3) is 5.99. The topological polar surface area (TPSA) is 57.1 Å². The second-order valence-corrected chi connectivity index (χ2v) is 6.20. The van der Waals surface area contributed by atoms with E-state index in [9.17, 15) is 4.79 Å². The first kappa shape index (κ1) is 21.3. The molecule has 28 heavy (non-hydrogen) atoms. The molecule has 0 heterocycles. The molecule has 1 unspecified atom stereocenters. The summed E-state index contributed by atoms with van der Waals surface area (Å²) in [7, 11) is 2.80. The Kier molecular flexibility index (Phi) is 8.31. The summed E-state index contributed by atoms with van der Waals surface area (Å²) in [5.41, 5.74) is 2.76. The van der Waals surface area contributed by atoms with Crippen molar-refractivity contribution in [2.24, 2.45) is 5.16 Å². The van der Waals surface area contributed by atoms with Crippen molar-refractivity contribution in [3.05, 3.63) is 82.6 Å². The molecule has 0 aliphatic heterocycles. The molecule has 2 rings (SSSR count). The highest BCUT2D eigenvalue weighted by molar-refractivity contribution is 6.30. The van der Waals surface area contributed by atoms with Crippen LogP contribution in [0.1, 0.15) is 29.7 Å². The summed E-state index contributed by atoms with van der Waals surface area (Å²) in [6.45, 7) is 1.85. The zero-order valence-corrected chi connectivity index (χ0v) is 16.7. The number of hydrogen-bond acceptors (Lipinski definition) is 5. The summed E-state index contributed by atoms with van der Waals surface area (Å²) in [6, 6.07) is 14.8. The first-order valence-electron chi connectivity index (χ1n) is 8.58. The summed E-state index contributed by atoms with van der Waals surface area (Å²) in [5, 5.41) is 4.68. The first-order valence-corrected chi connectivity index (χ1v) is 8.96. The molecular formula is C22H22ClNO4. The van der Waals surface area contributed by atoms with Crippen LogP contribution in [0.4, 0.5) is 0 Å². The Hall–Kier alpha value is -3.05. The highest BCUT2D eigenvalue weighted by atomic mass is 35.5. The maximum atomic E-state index is 12.1. The minimum atomic E-state index is -0.490. The maximum Gasteiger partial charge on any atom is 0.341 e. The number of rotatable bonds is 8. The molecule has 0 aliphatic carbocycles. The summed E-state index contributed by atoms with van der Waals surface area (Å²) >= 11 is 5.86. The lowest BCUT2D eigenvalue weighted by atomic mass is 9.97. The number of carbonyl (C=O) groups excluding carboxylic acids is 1. The largest absolute Gasteiger partial charge is 0.503 e. The van der Waals surface area contributed by atoms with Gasteiger partial charge in [-0.1, -0.05) is 59.2 Å². The number of nitrogens with zero attached hydrogens (tertiary/aromatic N) is 1. The van der Waals surface area contributed by atoms with Gasteiger partial charge in [0, 0.05) is 10.6 Å². The second-order valence-electron chi connectivity index (χ2n) is 5.76. The van der Waals surface area contributed by atoms with E-state index in [1.165, 1.54) is 20.5 Å². The van der Waals surface area contributed by atoms with E-state index in [0.29, 0.717) is 16.2 Å². The van der Waals surface area contributed by atoms with Gasteiger partial charge in [-0.15, -0.1) is 0 Å². The van der Waals surface area contributed by atoms with Crippen LogP contribution in [-0.4, -0.2) is 26.4 Å². The lowest BCUT2D eigenvalue weighted by molar-refractivity contribution is -0.133. The van der Waals surface area contributed by atoms with Gasteiger partial charge in [0.2, 0.25) is 0 Å². The molecule has 146 valence electrons. The van der Waals surface area contributed by atoms with E-state index in [1.54, 1.807) is 18.4 Å². The number of benzene rings is 2. The van der Waals surface area contributed by atoms with Crippen molar-refractivity contribution in [1.82, 2.24) is 0 Å². The lowest BCUT2D eigenvalue weighted by Gasteiger charge is -2.15.